The molecule has 0 heterocycles. The molecular weight excluding hydrogens is 208 g/mol. The van der Waals surface area contributed by atoms with Crippen LogP contribution in [0, 0.1) is 0 Å². The maximum absolute atomic E-state index is 11.8. The van der Waals surface area contributed by atoms with Crippen LogP contribution in [0.25, 0.3) is 0 Å². The lowest BCUT2D eigenvalue weighted by Crippen LogP contribution is -2.13. The SMILES string of the molecule is COc1cccc(OC)c1C(=O)OC(C)C. The summed E-state index contributed by atoms with van der Waals surface area (Å²) in [6, 6.07) is 5.14. The molecule has 0 N–H and O–H groups in total. The minimum atomic E-state index is -0.440. The molecule has 1 rings (SSSR count). The van der Waals surface area contributed by atoms with E-state index in [1.807, 2.05) is 0 Å². The Morgan fingerprint density at radius 3 is 2.00 bits per heavy atom. The number of ether oxygens (including phenoxy) is 3. The normalized spacial score (nSPS) is 10.1. The van der Waals surface area contributed by atoms with Crippen LogP contribution in [0.4, 0.5) is 0 Å². The van der Waals surface area contributed by atoms with Crippen molar-refractivity contribution < 1.29 is 19.0 Å². The molecule has 0 saturated carbocycles. The fourth-order valence-electron chi connectivity index (χ4n) is 1.33. The van der Waals surface area contributed by atoms with Crippen LogP contribution in [0.3, 0.4) is 0 Å². The minimum absolute atomic E-state index is 0.179. The number of hydrogen-bond acceptors (Lipinski definition) is 4. The van der Waals surface area contributed by atoms with Gasteiger partial charge in [-0.2, -0.15) is 0 Å². The fourth-order valence-corrected chi connectivity index (χ4v) is 1.33. The monoisotopic (exact) mass is 224 g/mol. The van der Waals surface area contributed by atoms with Gasteiger partial charge in [-0.25, -0.2) is 4.79 Å². The second-order valence-electron chi connectivity index (χ2n) is 3.49. The molecule has 1 aromatic rings. The summed E-state index contributed by atoms with van der Waals surface area (Å²) in [6.07, 6.45) is -0.179. The van der Waals surface area contributed by atoms with Gasteiger partial charge in [0.2, 0.25) is 0 Å². The van der Waals surface area contributed by atoms with Gasteiger partial charge in [-0.3, -0.25) is 0 Å². The second kappa shape index (κ2) is 5.39. The van der Waals surface area contributed by atoms with Crippen LogP contribution < -0.4 is 9.47 Å². The zero-order valence-electron chi connectivity index (χ0n) is 9.94. The molecule has 0 unspecified atom stereocenters. The zero-order valence-corrected chi connectivity index (χ0v) is 9.94. The van der Waals surface area contributed by atoms with Crippen molar-refractivity contribution in [2.45, 2.75) is 20.0 Å². The second-order valence-corrected chi connectivity index (χ2v) is 3.49. The Morgan fingerprint density at radius 1 is 1.12 bits per heavy atom. The number of carbonyl (C=O) groups excluding carboxylic acids is 1. The van der Waals surface area contributed by atoms with Gasteiger partial charge >= 0.3 is 5.97 Å². The number of esters is 1. The lowest BCUT2D eigenvalue weighted by Gasteiger charge is -2.13. The predicted molar refractivity (Wildman–Crippen MR) is 60.1 cm³/mol. The minimum Gasteiger partial charge on any atom is -0.496 e. The highest BCUT2D eigenvalue weighted by Crippen LogP contribution is 2.29. The largest absolute Gasteiger partial charge is 0.496 e. The smallest absolute Gasteiger partial charge is 0.346 e. The summed E-state index contributed by atoms with van der Waals surface area (Å²) < 4.78 is 15.3. The molecule has 0 amide bonds. The highest BCUT2D eigenvalue weighted by Gasteiger charge is 2.20. The molecule has 0 saturated heterocycles. The van der Waals surface area contributed by atoms with Gasteiger partial charge in [0.1, 0.15) is 17.1 Å². The van der Waals surface area contributed by atoms with E-state index in [0.29, 0.717) is 17.1 Å². The van der Waals surface area contributed by atoms with E-state index in [2.05, 4.69) is 0 Å². The molecule has 1 aromatic carbocycles. The molecule has 16 heavy (non-hydrogen) atoms. The van der Waals surface area contributed by atoms with Gasteiger partial charge in [0, 0.05) is 0 Å². The molecule has 0 aliphatic rings. The van der Waals surface area contributed by atoms with Crippen molar-refractivity contribution in [3.8, 4) is 11.5 Å². The van der Waals surface area contributed by atoms with E-state index in [4.69, 9.17) is 14.2 Å². The van der Waals surface area contributed by atoms with Gasteiger partial charge < -0.3 is 14.2 Å². The Balaban J connectivity index is 3.12. The van der Waals surface area contributed by atoms with E-state index in [9.17, 15) is 4.79 Å². The van der Waals surface area contributed by atoms with Crippen LogP contribution in [0.1, 0.15) is 24.2 Å². The summed E-state index contributed by atoms with van der Waals surface area (Å²) >= 11 is 0. The summed E-state index contributed by atoms with van der Waals surface area (Å²) in [4.78, 5) is 11.8. The van der Waals surface area contributed by atoms with E-state index >= 15 is 0 Å². The third-order valence-corrected chi connectivity index (χ3v) is 1.97. The van der Waals surface area contributed by atoms with Crippen LogP contribution in [-0.4, -0.2) is 26.3 Å². The molecule has 0 atom stereocenters. The van der Waals surface area contributed by atoms with E-state index in [1.165, 1.54) is 14.2 Å². The van der Waals surface area contributed by atoms with Crippen molar-refractivity contribution in [1.82, 2.24) is 0 Å². The van der Waals surface area contributed by atoms with Crippen molar-refractivity contribution in [3.63, 3.8) is 0 Å². The molecule has 88 valence electrons. The van der Waals surface area contributed by atoms with Gasteiger partial charge in [-0.05, 0) is 26.0 Å². The van der Waals surface area contributed by atoms with Gasteiger partial charge in [0.05, 0.1) is 20.3 Å². The average Bonchev–Trinajstić information content (AvgIpc) is 2.26. The first-order chi connectivity index (χ1) is 7.60. The maximum Gasteiger partial charge on any atom is 0.346 e. The summed E-state index contributed by atoms with van der Waals surface area (Å²) in [5.74, 6) is 0.458. The van der Waals surface area contributed by atoms with E-state index in [-0.39, 0.29) is 6.10 Å². The zero-order chi connectivity index (χ0) is 12.1. The van der Waals surface area contributed by atoms with Gasteiger partial charge in [-0.15, -0.1) is 0 Å². The van der Waals surface area contributed by atoms with Crippen LogP contribution in [-0.2, 0) is 4.74 Å². The van der Waals surface area contributed by atoms with Gasteiger partial charge in [-0.1, -0.05) is 6.07 Å². The van der Waals surface area contributed by atoms with Crippen molar-refractivity contribution in [2.75, 3.05) is 14.2 Å². The molecular formula is C12H16O4. The van der Waals surface area contributed by atoms with Crippen molar-refractivity contribution in [3.05, 3.63) is 23.8 Å². The first-order valence-corrected chi connectivity index (χ1v) is 5.02. The Hall–Kier alpha value is -1.71. The topological polar surface area (TPSA) is 44.8 Å². The van der Waals surface area contributed by atoms with Gasteiger partial charge in [0.25, 0.3) is 0 Å². The van der Waals surface area contributed by atoms with Crippen LogP contribution in [0.5, 0.6) is 11.5 Å². The van der Waals surface area contributed by atoms with Crippen LogP contribution >= 0.6 is 0 Å². The molecule has 0 bridgehead atoms. The summed E-state index contributed by atoms with van der Waals surface area (Å²) in [5.41, 5.74) is 0.321. The standard InChI is InChI=1S/C12H16O4/c1-8(2)16-12(13)11-9(14-3)6-5-7-10(11)15-4/h5-8H,1-4H3. The van der Waals surface area contributed by atoms with Gasteiger partial charge in [0.15, 0.2) is 0 Å². The maximum atomic E-state index is 11.8. The molecule has 4 heteroatoms. The third-order valence-electron chi connectivity index (χ3n) is 1.97. The lowest BCUT2D eigenvalue weighted by atomic mass is 10.2. The number of rotatable bonds is 4. The van der Waals surface area contributed by atoms with Crippen molar-refractivity contribution in [2.24, 2.45) is 0 Å². The first kappa shape index (κ1) is 12.4. The highest BCUT2D eigenvalue weighted by atomic mass is 16.5. The summed E-state index contributed by atoms with van der Waals surface area (Å²) in [5, 5.41) is 0. The van der Waals surface area contributed by atoms with E-state index < -0.39 is 5.97 Å². The van der Waals surface area contributed by atoms with Crippen molar-refractivity contribution in [1.29, 1.82) is 0 Å². The molecule has 0 radical (unpaired) electrons. The molecule has 0 fully saturated rings. The third kappa shape index (κ3) is 2.66. The van der Waals surface area contributed by atoms with Crippen LogP contribution in [0.15, 0.2) is 18.2 Å². The van der Waals surface area contributed by atoms with Crippen molar-refractivity contribution >= 4 is 5.97 Å². The number of hydrogen-bond donors (Lipinski definition) is 0. The summed E-state index contributed by atoms with van der Waals surface area (Å²) in [6.45, 7) is 3.58. The van der Waals surface area contributed by atoms with Crippen LogP contribution in [0.2, 0.25) is 0 Å². The highest BCUT2D eigenvalue weighted by molar-refractivity contribution is 5.95. The Kier molecular flexibility index (Phi) is 4.17. The lowest BCUT2D eigenvalue weighted by molar-refractivity contribution is 0.0370. The molecule has 4 nitrogen and oxygen atoms in total. The quantitative estimate of drug-likeness (QED) is 0.736. The fraction of sp³-hybridized carbons (Fsp3) is 0.417. The molecule has 0 aliphatic carbocycles. The predicted octanol–water partition coefficient (Wildman–Crippen LogP) is 2.27. The number of methoxy groups -OCH3 is 2. The molecule has 0 spiro atoms. The Bertz CT molecular complexity index is 349. The first-order valence-electron chi connectivity index (χ1n) is 5.02. The Labute approximate surface area is 95.1 Å². The molecule has 0 aliphatic heterocycles. The van der Waals surface area contributed by atoms with E-state index in [1.54, 1.807) is 32.0 Å². The Morgan fingerprint density at radius 2 is 1.62 bits per heavy atom. The summed E-state index contributed by atoms with van der Waals surface area (Å²) in [7, 11) is 3.00. The number of carbonyl (C=O) groups is 1. The van der Waals surface area contributed by atoms with E-state index in [0.717, 1.165) is 0 Å². The average molecular weight is 224 g/mol. The molecule has 0 aromatic heterocycles. The number of benzene rings is 1.